The van der Waals surface area contributed by atoms with Crippen LogP contribution in [-0.4, -0.2) is 26.5 Å². The summed E-state index contributed by atoms with van der Waals surface area (Å²) < 4.78 is 26.5. The van der Waals surface area contributed by atoms with Gasteiger partial charge in [-0.2, -0.15) is 0 Å². The summed E-state index contributed by atoms with van der Waals surface area (Å²) in [6, 6.07) is 7.37. The second-order valence-electron chi connectivity index (χ2n) is 4.12. The molecule has 1 fully saturated rings. The van der Waals surface area contributed by atoms with E-state index >= 15 is 0 Å². The highest BCUT2D eigenvalue weighted by atomic mass is 32.2. The van der Waals surface area contributed by atoms with E-state index in [4.69, 9.17) is 0 Å². The highest BCUT2D eigenvalue weighted by molar-refractivity contribution is 8.18. The summed E-state index contributed by atoms with van der Waals surface area (Å²) in [7, 11) is -3.29. The van der Waals surface area contributed by atoms with E-state index in [0.717, 1.165) is 17.1 Å². The number of thioether (sulfide) groups is 2. The number of rotatable bonds is 0. The van der Waals surface area contributed by atoms with Gasteiger partial charge in [0.1, 0.15) is 4.08 Å². The molecule has 0 unspecified atom stereocenters. The standard InChI is InChI=1S/C11H13NO2S3/c13-17(14)10-5-2-1-4-9(10)11(8-12-17)15-6-3-7-16-11/h1-2,4-5,12H,3,6-8H2. The molecule has 0 amide bonds. The van der Waals surface area contributed by atoms with E-state index in [0.29, 0.717) is 11.4 Å². The minimum Gasteiger partial charge on any atom is -0.209 e. The minimum atomic E-state index is -3.29. The Balaban J connectivity index is 2.17. The fraction of sp³-hybridized carbons (Fsp3) is 0.455. The summed E-state index contributed by atoms with van der Waals surface area (Å²) in [5.74, 6) is 2.20. The molecule has 1 saturated heterocycles. The smallest absolute Gasteiger partial charge is 0.209 e. The van der Waals surface area contributed by atoms with E-state index in [-0.39, 0.29) is 4.08 Å². The molecular weight excluding hydrogens is 274 g/mol. The van der Waals surface area contributed by atoms with Crippen LogP contribution in [0.4, 0.5) is 0 Å². The van der Waals surface area contributed by atoms with Gasteiger partial charge in [-0.25, -0.2) is 13.1 Å². The average molecular weight is 287 g/mol. The fourth-order valence-electron chi connectivity index (χ4n) is 2.21. The summed E-state index contributed by atoms with van der Waals surface area (Å²) in [5, 5.41) is 0. The Bertz CT molecular complexity index is 535. The summed E-state index contributed by atoms with van der Waals surface area (Å²) in [4.78, 5) is 0.452. The summed E-state index contributed by atoms with van der Waals surface area (Å²) in [6.45, 7) is 0.502. The lowest BCUT2D eigenvalue weighted by molar-refractivity contribution is 0.568. The van der Waals surface area contributed by atoms with Crippen molar-refractivity contribution in [1.29, 1.82) is 0 Å². The first-order valence-electron chi connectivity index (χ1n) is 5.51. The molecule has 2 aliphatic heterocycles. The molecule has 3 nitrogen and oxygen atoms in total. The Kier molecular flexibility index (Phi) is 2.93. The van der Waals surface area contributed by atoms with Gasteiger partial charge in [-0.3, -0.25) is 0 Å². The molecule has 0 saturated carbocycles. The van der Waals surface area contributed by atoms with Gasteiger partial charge in [0.05, 0.1) is 4.90 Å². The van der Waals surface area contributed by atoms with E-state index < -0.39 is 10.0 Å². The van der Waals surface area contributed by atoms with Crippen LogP contribution in [-0.2, 0) is 14.1 Å². The zero-order chi connectivity index (χ0) is 11.9. The maximum Gasteiger partial charge on any atom is 0.241 e. The van der Waals surface area contributed by atoms with Crippen LogP contribution in [0.2, 0.25) is 0 Å². The van der Waals surface area contributed by atoms with Gasteiger partial charge in [0, 0.05) is 6.54 Å². The zero-order valence-electron chi connectivity index (χ0n) is 9.18. The third kappa shape index (κ3) is 1.91. The zero-order valence-corrected chi connectivity index (χ0v) is 11.6. The molecule has 0 atom stereocenters. The quantitative estimate of drug-likeness (QED) is 0.793. The number of sulfonamides is 1. The highest BCUT2D eigenvalue weighted by Crippen LogP contribution is 2.53. The van der Waals surface area contributed by atoms with E-state index in [1.807, 2.05) is 35.7 Å². The van der Waals surface area contributed by atoms with E-state index in [1.54, 1.807) is 12.1 Å². The SMILES string of the molecule is O=S1(=O)NCC2(SCCCS2)c2ccccc21. The highest BCUT2D eigenvalue weighted by Gasteiger charge is 2.43. The van der Waals surface area contributed by atoms with Gasteiger partial charge in [-0.1, -0.05) is 18.2 Å². The van der Waals surface area contributed by atoms with Crippen molar-refractivity contribution < 1.29 is 8.42 Å². The predicted octanol–water partition coefficient (Wildman–Crippen LogP) is 2.00. The van der Waals surface area contributed by atoms with Gasteiger partial charge in [0.25, 0.3) is 0 Å². The molecule has 0 aromatic heterocycles. The monoisotopic (exact) mass is 287 g/mol. The molecule has 0 bridgehead atoms. The molecule has 2 heterocycles. The van der Waals surface area contributed by atoms with Crippen LogP contribution >= 0.6 is 23.5 Å². The number of benzene rings is 1. The number of hydrogen-bond acceptors (Lipinski definition) is 4. The molecule has 6 heteroatoms. The van der Waals surface area contributed by atoms with Crippen LogP contribution in [0.3, 0.4) is 0 Å². The van der Waals surface area contributed by atoms with Crippen LogP contribution in [0.25, 0.3) is 0 Å². The molecule has 92 valence electrons. The predicted molar refractivity (Wildman–Crippen MR) is 72.8 cm³/mol. The van der Waals surface area contributed by atoms with Crippen molar-refractivity contribution in [2.24, 2.45) is 0 Å². The van der Waals surface area contributed by atoms with E-state index in [1.165, 1.54) is 6.42 Å². The first-order chi connectivity index (χ1) is 8.14. The van der Waals surface area contributed by atoms with Crippen LogP contribution in [0.1, 0.15) is 12.0 Å². The lowest BCUT2D eigenvalue weighted by Gasteiger charge is -2.40. The van der Waals surface area contributed by atoms with Gasteiger partial charge in [-0.05, 0) is 29.6 Å². The van der Waals surface area contributed by atoms with Crippen molar-refractivity contribution in [2.75, 3.05) is 18.1 Å². The molecule has 1 aromatic carbocycles. The van der Waals surface area contributed by atoms with Crippen LogP contribution in [0.15, 0.2) is 29.2 Å². The number of fused-ring (bicyclic) bond motifs is 2. The van der Waals surface area contributed by atoms with Crippen molar-refractivity contribution in [1.82, 2.24) is 4.72 Å². The van der Waals surface area contributed by atoms with Crippen molar-refractivity contribution in [3.8, 4) is 0 Å². The normalized spacial score (nSPS) is 25.4. The molecule has 1 aromatic rings. The first kappa shape index (κ1) is 11.9. The molecule has 2 aliphatic rings. The molecule has 1 N–H and O–H groups in total. The maximum absolute atomic E-state index is 12.0. The summed E-state index contributed by atoms with van der Waals surface area (Å²) in [5.41, 5.74) is 0.966. The Hall–Kier alpha value is -0.170. The summed E-state index contributed by atoms with van der Waals surface area (Å²) >= 11 is 3.73. The van der Waals surface area contributed by atoms with E-state index in [9.17, 15) is 8.42 Å². The second kappa shape index (κ2) is 4.19. The fourth-order valence-corrected chi connectivity index (χ4v) is 7.14. The molecule has 0 radical (unpaired) electrons. The third-order valence-corrected chi connectivity index (χ3v) is 7.85. The lowest BCUT2D eigenvalue weighted by Crippen LogP contribution is -2.44. The van der Waals surface area contributed by atoms with Gasteiger partial charge < -0.3 is 0 Å². The Morgan fingerprint density at radius 3 is 2.65 bits per heavy atom. The lowest BCUT2D eigenvalue weighted by atomic mass is 10.1. The second-order valence-corrected chi connectivity index (χ2v) is 8.91. The minimum absolute atomic E-state index is 0.111. The van der Waals surface area contributed by atoms with Crippen LogP contribution < -0.4 is 4.72 Å². The van der Waals surface area contributed by atoms with Crippen molar-refractivity contribution in [3.05, 3.63) is 29.8 Å². The van der Waals surface area contributed by atoms with Gasteiger partial charge >= 0.3 is 0 Å². The van der Waals surface area contributed by atoms with E-state index in [2.05, 4.69) is 4.72 Å². The topological polar surface area (TPSA) is 46.2 Å². The number of nitrogens with one attached hydrogen (secondary N) is 1. The average Bonchev–Trinajstić information content (AvgIpc) is 2.37. The van der Waals surface area contributed by atoms with Crippen LogP contribution in [0.5, 0.6) is 0 Å². The van der Waals surface area contributed by atoms with Crippen molar-refractivity contribution in [3.63, 3.8) is 0 Å². The van der Waals surface area contributed by atoms with Gasteiger partial charge in [-0.15, -0.1) is 23.5 Å². The molecule has 3 rings (SSSR count). The molecular formula is C11H13NO2S3. The largest absolute Gasteiger partial charge is 0.241 e. The van der Waals surface area contributed by atoms with Crippen molar-refractivity contribution in [2.45, 2.75) is 15.4 Å². The third-order valence-electron chi connectivity index (χ3n) is 3.04. The Morgan fingerprint density at radius 1 is 1.18 bits per heavy atom. The Labute approximate surface area is 110 Å². The first-order valence-corrected chi connectivity index (χ1v) is 8.97. The molecule has 0 aliphatic carbocycles. The summed E-state index contributed by atoms with van der Waals surface area (Å²) in [6.07, 6.45) is 1.20. The maximum atomic E-state index is 12.0. The van der Waals surface area contributed by atoms with Gasteiger partial charge in [0.2, 0.25) is 10.0 Å². The molecule has 1 spiro atoms. The number of hydrogen-bond donors (Lipinski definition) is 1. The Morgan fingerprint density at radius 2 is 1.88 bits per heavy atom. The van der Waals surface area contributed by atoms with Gasteiger partial charge in [0.15, 0.2) is 0 Å². The van der Waals surface area contributed by atoms with Crippen molar-refractivity contribution >= 4 is 33.5 Å². The molecule has 17 heavy (non-hydrogen) atoms. The van der Waals surface area contributed by atoms with Crippen LogP contribution in [0, 0.1) is 0 Å².